The second-order valence-corrected chi connectivity index (χ2v) is 15.3. The fraction of sp³-hybridized carbons (Fsp3) is 0.312. The number of rotatable bonds is 8. The summed E-state index contributed by atoms with van der Waals surface area (Å²) in [5.74, 6) is 1.18. The Kier molecular flexibility index (Phi) is 8.82. The summed E-state index contributed by atoms with van der Waals surface area (Å²) in [6.45, 7) is 11.5. The van der Waals surface area contributed by atoms with Crippen molar-refractivity contribution in [3.8, 4) is 22.6 Å². The van der Waals surface area contributed by atoms with E-state index in [4.69, 9.17) is 18.9 Å². The van der Waals surface area contributed by atoms with Crippen molar-refractivity contribution < 1.29 is 23.7 Å². The number of anilines is 1. The molecule has 0 bridgehead atoms. The minimum Gasteiger partial charge on any atom is -0.490 e. The highest BCUT2D eigenvalue weighted by atomic mass is 16.6. The number of aryl methyl sites for hydroxylation is 2. The molecule has 1 saturated heterocycles. The fourth-order valence-corrected chi connectivity index (χ4v) is 9.49. The first-order chi connectivity index (χ1) is 26.4. The standard InChI is InChI=1S/C48H47NO5/c1-4-43(50)53-29-28-52-37-16-12-35(13-17-37)48(34-10-14-36(15-11-34)49-24-26-51-27-25-49)23-20-40-45-44(38-18-8-32(2)30-41(38)46(40)54-48)39-19-9-33(3)31-42(39)47(45)21-6-5-7-22-47/h4,8-20,23,30-31H,1,5-7,21-22,24-29H2,2-3H3. The molecule has 2 aliphatic heterocycles. The Morgan fingerprint density at radius 2 is 1.54 bits per heavy atom. The maximum absolute atomic E-state index is 11.5. The van der Waals surface area contributed by atoms with Gasteiger partial charge in [-0.25, -0.2) is 4.79 Å². The van der Waals surface area contributed by atoms with Crippen LogP contribution in [0, 0.1) is 13.8 Å². The third kappa shape index (κ3) is 5.70. The van der Waals surface area contributed by atoms with Crippen molar-refractivity contribution >= 4 is 28.5 Å². The first-order valence-electron chi connectivity index (χ1n) is 19.5. The lowest BCUT2D eigenvalue weighted by molar-refractivity contribution is -0.138. The van der Waals surface area contributed by atoms with Crippen LogP contribution < -0.4 is 14.4 Å². The van der Waals surface area contributed by atoms with Gasteiger partial charge in [-0.15, -0.1) is 0 Å². The van der Waals surface area contributed by atoms with E-state index in [0.717, 1.165) is 67.5 Å². The van der Waals surface area contributed by atoms with E-state index in [9.17, 15) is 4.79 Å². The van der Waals surface area contributed by atoms with E-state index < -0.39 is 11.6 Å². The lowest BCUT2D eigenvalue weighted by Crippen LogP contribution is -2.37. The average Bonchev–Trinajstić information content (AvgIpc) is 3.48. The maximum atomic E-state index is 11.5. The van der Waals surface area contributed by atoms with E-state index in [1.807, 2.05) is 12.1 Å². The average molecular weight is 718 g/mol. The number of benzene rings is 5. The number of hydrogen-bond donors (Lipinski definition) is 0. The van der Waals surface area contributed by atoms with E-state index in [1.165, 1.54) is 69.3 Å². The van der Waals surface area contributed by atoms with Gasteiger partial charge in [0.15, 0.2) is 5.60 Å². The number of morpholine rings is 1. The summed E-state index contributed by atoms with van der Waals surface area (Å²) >= 11 is 0. The molecule has 0 radical (unpaired) electrons. The number of esters is 1. The molecule has 4 aliphatic rings. The van der Waals surface area contributed by atoms with Crippen LogP contribution in [0.3, 0.4) is 0 Å². The highest BCUT2D eigenvalue weighted by Crippen LogP contribution is 2.62. The van der Waals surface area contributed by atoms with E-state index >= 15 is 0 Å². The number of carbonyl (C=O) groups is 1. The van der Waals surface area contributed by atoms with Gasteiger partial charge in [0.25, 0.3) is 0 Å². The molecule has 54 heavy (non-hydrogen) atoms. The van der Waals surface area contributed by atoms with Crippen LogP contribution in [-0.4, -0.2) is 45.5 Å². The highest BCUT2D eigenvalue weighted by molar-refractivity contribution is 6.09. The molecular weight excluding hydrogens is 671 g/mol. The molecule has 1 saturated carbocycles. The number of nitrogens with zero attached hydrogens (tertiary/aromatic N) is 1. The molecule has 6 nitrogen and oxygen atoms in total. The van der Waals surface area contributed by atoms with E-state index in [1.54, 1.807) is 0 Å². The third-order valence-electron chi connectivity index (χ3n) is 12.1. The van der Waals surface area contributed by atoms with Gasteiger partial charge in [0.1, 0.15) is 24.7 Å². The predicted octanol–water partition coefficient (Wildman–Crippen LogP) is 9.98. The quantitative estimate of drug-likeness (QED) is 0.0905. The molecule has 1 atom stereocenters. The molecule has 0 aromatic heterocycles. The minimum atomic E-state index is -0.902. The topological polar surface area (TPSA) is 57.2 Å². The molecule has 5 aromatic rings. The zero-order valence-corrected chi connectivity index (χ0v) is 31.3. The Hall–Kier alpha value is -5.33. The van der Waals surface area contributed by atoms with Gasteiger partial charge >= 0.3 is 5.97 Å². The summed E-state index contributed by atoms with van der Waals surface area (Å²) in [6.07, 6.45) is 11.9. The van der Waals surface area contributed by atoms with Crippen molar-refractivity contribution in [1.82, 2.24) is 0 Å². The molecule has 1 unspecified atom stereocenters. The Labute approximate surface area is 318 Å². The third-order valence-corrected chi connectivity index (χ3v) is 12.1. The molecule has 0 amide bonds. The predicted molar refractivity (Wildman–Crippen MR) is 216 cm³/mol. The van der Waals surface area contributed by atoms with Crippen molar-refractivity contribution in [3.05, 3.63) is 143 Å². The number of ether oxygens (including phenoxy) is 4. The van der Waals surface area contributed by atoms with Crippen LogP contribution in [-0.2, 0) is 25.3 Å². The van der Waals surface area contributed by atoms with Crippen molar-refractivity contribution in [3.63, 3.8) is 0 Å². The largest absolute Gasteiger partial charge is 0.490 e. The Morgan fingerprint density at radius 1 is 0.833 bits per heavy atom. The smallest absolute Gasteiger partial charge is 0.330 e. The number of carbonyl (C=O) groups excluding carboxylic acids is 1. The van der Waals surface area contributed by atoms with Gasteiger partial charge in [-0.3, -0.25) is 0 Å². The van der Waals surface area contributed by atoms with Crippen LogP contribution in [0.4, 0.5) is 5.69 Å². The number of hydrogen-bond acceptors (Lipinski definition) is 6. The first-order valence-corrected chi connectivity index (χ1v) is 19.5. The highest BCUT2D eigenvalue weighted by Gasteiger charge is 2.48. The monoisotopic (exact) mass is 717 g/mol. The molecule has 2 aliphatic carbocycles. The molecule has 274 valence electrons. The second kappa shape index (κ2) is 13.8. The van der Waals surface area contributed by atoms with E-state index in [0.29, 0.717) is 5.75 Å². The van der Waals surface area contributed by atoms with Crippen molar-refractivity contribution in [2.75, 3.05) is 44.4 Å². The molecule has 2 heterocycles. The Bertz CT molecular complexity index is 2280. The maximum Gasteiger partial charge on any atom is 0.330 e. The van der Waals surface area contributed by atoms with Gasteiger partial charge in [-0.05, 0) is 90.7 Å². The van der Waals surface area contributed by atoms with Crippen molar-refractivity contribution in [2.24, 2.45) is 0 Å². The fourth-order valence-electron chi connectivity index (χ4n) is 9.49. The zero-order chi connectivity index (χ0) is 36.9. The molecule has 0 N–H and O–H groups in total. The van der Waals surface area contributed by atoms with Crippen molar-refractivity contribution in [1.29, 1.82) is 0 Å². The summed E-state index contributed by atoms with van der Waals surface area (Å²) in [5, 5.41) is 2.41. The number of fused-ring (bicyclic) bond motifs is 10. The van der Waals surface area contributed by atoms with Crippen molar-refractivity contribution in [2.45, 2.75) is 57.0 Å². The Morgan fingerprint density at radius 3 is 2.28 bits per heavy atom. The SMILES string of the molecule is C=CC(=O)OCCOc1ccc(C2(c3ccc(N4CCOCC4)cc3)C=Cc3c4c(c5ccc(C)cc5c3O2)-c2ccc(C)cc2C42CCCCC2)cc1. The van der Waals surface area contributed by atoms with Gasteiger partial charge in [0.2, 0.25) is 0 Å². The summed E-state index contributed by atoms with van der Waals surface area (Å²) in [5.41, 5.74) is 11.7. The lowest BCUT2D eigenvalue weighted by Gasteiger charge is -2.41. The van der Waals surface area contributed by atoms with Gasteiger partial charge in [0, 0.05) is 52.3 Å². The second-order valence-electron chi connectivity index (χ2n) is 15.3. The van der Waals surface area contributed by atoms with Crippen LogP contribution in [0.25, 0.3) is 28.0 Å². The lowest BCUT2D eigenvalue weighted by atomic mass is 9.66. The molecule has 9 rings (SSSR count). The van der Waals surface area contributed by atoms with Crippen LogP contribution in [0.1, 0.15) is 71.0 Å². The van der Waals surface area contributed by atoms with Gasteiger partial charge < -0.3 is 23.8 Å². The summed E-state index contributed by atoms with van der Waals surface area (Å²) in [7, 11) is 0. The van der Waals surface area contributed by atoms with Crippen LogP contribution in [0.5, 0.6) is 11.5 Å². The van der Waals surface area contributed by atoms with Gasteiger partial charge in [-0.2, -0.15) is 0 Å². The van der Waals surface area contributed by atoms with Gasteiger partial charge in [0.05, 0.1) is 13.2 Å². The van der Waals surface area contributed by atoms with Crippen LogP contribution in [0.15, 0.2) is 104 Å². The molecule has 6 heteroatoms. The normalized spacial score (nSPS) is 19.5. The minimum absolute atomic E-state index is 0.0371. The summed E-state index contributed by atoms with van der Waals surface area (Å²) in [6, 6.07) is 31.0. The molecular formula is C48H47NO5. The van der Waals surface area contributed by atoms with Crippen LogP contribution >= 0.6 is 0 Å². The van der Waals surface area contributed by atoms with Gasteiger partial charge in [-0.1, -0.05) is 97.6 Å². The zero-order valence-electron chi connectivity index (χ0n) is 31.3. The molecule has 5 aromatic carbocycles. The first kappa shape index (κ1) is 34.4. The molecule has 1 spiro atoms. The summed E-state index contributed by atoms with van der Waals surface area (Å²) < 4.78 is 24.4. The van der Waals surface area contributed by atoms with E-state index in [-0.39, 0.29) is 18.6 Å². The van der Waals surface area contributed by atoms with Crippen LogP contribution in [0.2, 0.25) is 0 Å². The Balaban J connectivity index is 1.20. The van der Waals surface area contributed by atoms with E-state index in [2.05, 4.69) is 110 Å². The summed E-state index contributed by atoms with van der Waals surface area (Å²) in [4.78, 5) is 13.9. The molecule has 2 fully saturated rings.